The van der Waals surface area contributed by atoms with Crippen LogP contribution in [0, 0.1) is 40.4 Å². The highest BCUT2D eigenvalue weighted by Crippen LogP contribution is 2.67. The maximum absolute atomic E-state index is 10.2. The Morgan fingerprint density at radius 1 is 1.14 bits per heavy atom. The molecule has 4 aliphatic rings. The van der Waals surface area contributed by atoms with Gasteiger partial charge in [0, 0.05) is 0 Å². The van der Waals surface area contributed by atoms with E-state index < -0.39 is 0 Å². The molecule has 0 amide bonds. The molecule has 3 fully saturated rings. The smallest absolute Gasteiger partial charge is 0.0577 e. The molecule has 4 rings (SSSR count). The minimum absolute atomic E-state index is 0.0922. The molecule has 0 radical (unpaired) electrons. The van der Waals surface area contributed by atoms with E-state index in [0.717, 1.165) is 54.4 Å². The highest BCUT2D eigenvalue weighted by Gasteiger charge is 2.59. The first-order chi connectivity index (χ1) is 13.7. The molecule has 0 aromatic carbocycles. The summed E-state index contributed by atoms with van der Waals surface area (Å²) in [5, 5.41) is 10.2. The molecule has 1 nitrogen and oxygen atoms in total. The Bertz CT molecular complexity index is 701. The van der Waals surface area contributed by atoms with Crippen LogP contribution in [0.1, 0.15) is 91.9 Å². The number of hydrogen-bond donors (Lipinski definition) is 1. The van der Waals surface area contributed by atoms with E-state index in [1.807, 2.05) is 0 Å². The van der Waals surface area contributed by atoms with Crippen LogP contribution in [0.25, 0.3) is 0 Å². The Hall–Kier alpha value is -0.820. The molecule has 0 aliphatic heterocycles. The van der Waals surface area contributed by atoms with Crippen LogP contribution < -0.4 is 0 Å². The number of aliphatic hydroxyl groups excluding tert-OH is 1. The van der Waals surface area contributed by atoms with Gasteiger partial charge in [0.1, 0.15) is 0 Å². The van der Waals surface area contributed by atoms with Gasteiger partial charge in [-0.25, -0.2) is 0 Å². The zero-order valence-electron chi connectivity index (χ0n) is 19.5. The van der Waals surface area contributed by atoms with Crippen molar-refractivity contribution in [3.8, 4) is 0 Å². The van der Waals surface area contributed by atoms with Gasteiger partial charge >= 0.3 is 0 Å². The van der Waals surface area contributed by atoms with Gasteiger partial charge in [-0.3, -0.25) is 0 Å². The average molecular weight is 397 g/mol. The van der Waals surface area contributed by atoms with Crippen LogP contribution in [-0.4, -0.2) is 11.2 Å². The normalized spacial score (nSPS) is 44.9. The molecule has 29 heavy (non-hydrogen) atoms. The van der Waals surface area contributed by atoms with E-state index in [1.54, 1.807) is 5.57 Å². The van der Waals surface area contributed by atoms with E-state index in [2.05, 4.69) is 46.9 Å². The Morgan fingerprint density at radius 2 is 1.90 bits per heavy atom. The summed E-state index contributed by atoms with van der Waals surface area (Å²) >= 11 is 0. The van der Waals surface area contributed by atoms with E-state index in [4.69, 9.17) is 0 Å². The van der Waals surface area contributed by atoms with Crippen molar-refractivity contribution in [1.82, 2.24) is 0 Å². The third-order valence-corrected chi connectivity index (χ3v) is 10.3. The number of allylic oxidation sites excluding steroid dienone is 3. The number of hydrogen-bond acceptors (Lipinski definition) is 1. The zero-order chi connectivity index (χ0) is 21.0. The number of rotatable bonds is 5. The first-order valence-corrected chi connectivity index (χ1v) is 12.4. The maximum Gasteiger partial charge on any atom is 0.0577 e. The lowest BCUT2D eigenvalue weighted by molar-refractivity contribution is -0.0571. The third-order valence-electron chi connectivity index (χ3n) is 10.3. The molecule has 1 heteroatoms. The van der Waals surface area contributed by atoms with Crippen LogP contribution in [0.15, 0.2) is 36.0 Å². The predicted molar refractivity (Wildman–Crippen MR) is 124 cm³/mol. The Labute approximate surface area is 179 Å². The number of fused-ring (bicyclic) bond motifs is 5. The van der Waals surface area contributed by atoms with Gasteiger partial charge in [-0.1, -0.05) is 56.7 Å². The van der Waals surface area contributed by atoms with E-state index in [9.17, 15) is 5.11 Å². The number of aliphatic hydroxyl groups is 1. The molecule has 0 unspecified atom stereocenters. The van der Waals surface area contributed by atoms with Gasteiger partial charge in [0.15, 0.2) is 0 Å². The molecule has 0 heterocycles. The van der Waals surface area contributed by atoms with E-state index >= 15 is 0 Å². The van der Waals surface area contributed by atoms with Crippen molar-refractivity contribution in [2.75, 3.05) is 0 Å². The standard InChI is InChI=1S/C28H44O/c1-18(2)19(3)7-8-20(4)24-11-12-25-23-10-9-21-17-22(29)13-15-27(21,5)26(23)14-16-28(24,25)6/h9,20,22-26,29H,1,3,7-8,10-17H2,2,4-6H3/t20-,22+,23+,24-,25+,26+,27+,28-/m1/s1. The minimum atomic E-state index is -0.0922. The van der Waals surface area contributed by atoms with Crippen LogP contribution in [0.3, 0.4) is 0 Å². The van der Waals surface area contributed by atoms with E-state index in [1.165, 1.54) is 50.5 Å². The highest BCUT2D eigenvalue weighted by atomic mass is 16.3. The van der Waals surface area contributed by atoms with Gasteiger partial charge in [0.25, 0.3) is 0 Å². The first kappa shape index (κ1) is 21.4. The zero-order valence-corrected chi connectivity index (χ0v) is 19.5. The van der Waals surface area contributed by atoms with Crippen molar-refractivity contribution < 1.29 is 5.11 Å². The summed E-state index contributed by atoms with van der Waals surface area (Å²) < 4.78 is 0. The molecule has 0 saturated heterocycles. The van der Waals surface area contributed by atoms with Crippen molar-refractivity contribution in [1.29, 1.82) is 0 Å². The lowest BCUT2D eigenvalue weighted by atomic mass is 9.47. The van der Waals surface area contributed by atoms with Crippen LogP contribution in [0.2, 0.25) is 0 Å². The highest BCUT2D eigenvalue weighted by molar-refractivity contribution is 5.25. The lowest BCUT2D eigenvalue weighted by Crippen LogP contribution is -2.50. The van der Waals surface area contributed by atoms with E-state index in [0.29, 0.717) is 10.8 Å². The van der Waals surface area contributed by atoms with Crippen molar-refractivity contribution in [3.63, 3.8) is 0 Å². The fourth-order valence-corrected chi connectivity index (χ4v) is 8.43. The average Bonchev–Trinajstić information content (AvgIpc) is 3.03. The van der Waals surface area contributed by atoms with Gasteiger partial charge in [-0.2, -0.15) is 0 Å². The molecular formula is C28H44O. The fraction of sp³-hybridized carbons (Fsp3) is 0.786. The summed E-state index contributed by atoms with van der Waals surface area (Å²) in [5.74, 6) is 4.29. The summed E-state index contributed by atoms with van der Waals surface area (Å²) in [6.45, 7) is 18.1. The first-order valence-electron chi connectivity index (χ1n) is 12.4. The lowest BCUT2D eigenvalue weighted by Gasteiger charge is -2.58. The van der Waals surface area contributed by atoms with Gasteiger partial charge in [0.2, 0.25) is 0 Å². The Kier molecular flexibility index (Phi) is 5.69. The van der Waals surface area contributed by atoms with Crippen LogP contribution >= 0.6 is 0 Å². The van der Waals surface area contributed by atoms with Crippen LogP contribution in [0.5, 0.6) is 0 Å². The SMILES string of the molecule is C=C(C)C(=C)CC[C@@H](C)[C@H]1CC[C@H]2[C@@H]3CC=C4C[C@@H](O)CC[C@]4(C)[C@H]3CC[C@]12C. The van der Waals surface area contributed by atoms with Crippen molar-refractivity contribution in [2.45, 2.75) is 98.0 Å². The summed E-state index contributed by atoms with van der Waals surface area (Å²) in [7, 11) is 0. The fourth-order valence-electron chi connectivity index (χ4n) is 8.43. The summed E-state index contributed by atoms with van der Waals surface area (Å²) in [6, 6.07) is 0. The molecule has 0 spiro atoms. The molecule has 0 aromatic heterocycles. The summed E-state index contributed by atoms with van der Waals surface area (Å²) in [6.07, 6.45) is 15.0. The molecular weight excluding hydrogens is 352 g/mol. The monoisotopic (exact) mass is 396 g/mol. The molecule has 0 bridgehead atoms. The van der Waals surface area contributed by atoms with Gasteiger partial charge in [-0.05, 0) is 112 Å². The van der Waals surface area contributed by atoms with Crippen molar-refractivity contribution in [3.05, 3.63) is 36.0 Å². The second kappa shape index (κ2) is 7.70. The Balaban J connectivity index is 1.50. The largest absolute Gasteiger partial charge is 0.393 e. The molecule has 1 N–H and O–H groups in total. The van der Waals surface area contributed by atoms with Gasteiger partial charge in [-0.15, -0.1) is 0 Å². The van der Waals surface area contributed by atoms with Crippen molar-refractivity contribution in [2.24, 2.45) is 40.4 Å². The second-order valence-electron chi connectivity index (χ2n) is 11.8. The van der Waals surface area contributed by atoms with Gasteiger partial charge < -0.3 is 5.11 Å². The van der Waals surface area contributed by atoms with Crippen LogP contribution in [0.4, 0.5) is 0 Å². The predicted octanol–water partition coefficient (Wildman–Crippen LogP) is 7.47. The molecule has 3 saturated carbocycles. The molecule has 8 atom stereocenters. The van der Waals surface area contributed by atoms with Crippen molar-refractivity contribution >= 4 is 0 Å². The Morgan fingerprint density at radius 3 is 2.62 bits per heavy atom. The summed E-state index contributed by atoms with van der Waals surface area (Å²) in [5.41, 5.74) is 4.90. The second-order valence-corrected chi connectivity index (χ2v) is 11.8. The molecule has 162 valence electrons. The van der Waals surface area contributed by atoms with Crippen LogP contribution in [-0.2, 0) is 0 Å². The van der Waals surface area contributed by atoms with E-state index in [-0.39, 0.29) is 6.10 Å². The third kappa shape index (κ3) is 3.50. The maximum atomic E-state index is 10.2. The minimum Gasteiger partial charge on any atom is -0.393 e. The molecule has 0 aromatic rings. The molecule has 4 aliphatic carbocycles. The van der Waals surface area contributed by atoms with Gasteiger partial charge in [0.05, 0.1) is 6.10 Å². The quantitative estimate of drug-likeness (QED) is 0.377. The topological polar surface area (TPSA) is 20.2 Å². The summed E-state index contributed by atoms with van der Waals surface area (Å²) in [4.78, 5) is 0.